The Bertz CT molecular complexity index is 55.7. The molecule has 4 heteroatoms. The Morgan fingerprint density at radius 3 is 1.71 bits per heavy atom. The zero-order valence-electron chi connectivity index (χ0n) is 3.58. The highest BCUT2D eigenvalue weighted by Crippen LogP contribution is 2.23. The van der Waals surface area contributed by atoms with E-state index in [0.29, 0.717) is 0 Å². The van der Waals surface area contributed by atoms with Gasteiger partial charge in [-0.1, -0.05) is 0 Å². The van der Waals surface area contributed by atoms with E-state index < -0.39 is 12.3 Å². The highest BCUT2D eigenvalue weighted by molar-refractivity contribution is 4.75. The predicted octanol–water partition coefficient (Wildman–Crippen LogP) is 1.47. The minimum absolute atomic E-state index is 0.266. The van der Waals surface area contributed by atoms with Crippen molar-refractivity contribution in [2.24, 2.45) is 0 Å². The van der Waals surface area contributed by atoms with Crippen LogP contribution in [0.1, 0.15) is 6.92 Å². The summed E-state index contributed by atoms with van der Waals surface area (Å²) in [6, 6.07) is 0. The summed E-state index contributed by atoms with van der Waals surface area (Å²) in [6.07, 6.45) is -2.34. The van der Waals surface area contributed by atoms with Crippen molar-refractivity contribution in [1.29, 1.82) is 0 Å². The van der Waals surface area contributed by atoms with Crippen molar-refractivity contribution in [1.82, 2.24) is 0 Å². The number of hydrogen-bond donors (Lipinski definition) is 1. The van der Waals surface area contributed by atoms with Gasteiger partial charge in [0.1, 0.15) is 0 Å². The van der Waals surface area contributed by atoms with Crippen molar-refractivity contribution in [3.8, 4) is 0 Å². The van der Waals surface area contributed by atoms with Crippen molar-refractivity contribution >= 4 is 0 Å². The standard InChI is InChI=1S/C3H4F3O/c1-3(5,6)2(4)7/h7H,1H3. The van der Waals surface area contributed by atoms with Gasteiger partial charge in [-0.15, -0.1) is 0 Å². The summed E-state index contributed by atoms with van der Waals surface area (Å²) >= 11 is 0. The number of aliphatic hydroxyl groups is 1. The summed E-state index contributed by atoms with van der Waals surface area (Å²) in [5.74, 6) is -3.69. The molecule has 0 saturated heterocycles. The lowest BCUT2D eigenvalue weighted by Crippen LogP contribution is -2.16. The van der Waals surface area contributed by atoms with Gasteiger partial charge in [-0.05, 0) is 0 Å². The molecule has 1 radical (unpaired) electrons. The Balaban J connectivity index is 3.54. The van der Waals surface area contributed by atoms with Gasteiger partial charge < -0.3 is 5.11 Å². The first kappa shape index (κ1) is 6.75. The van der Waals surface area contributed by atoms with Crippen LogP contribution in [0.2, 0.25) is 0 Å². The fraction of sp³-hybridized carbons (Fsp3) is 0.667. The van der Waals surface area contributed by atoms with E-state index in [-0.39, 0.29) is 6.92 Å². The third-order valence-electron chi connectivity index (χ3n) is 0.362. The summed E-state index contributed by atoms with van der Waals surface area (Å²) in [4.78, 5) is 0. The lowest BCUT2D eigenvalue weighted by atomic mass is 10.4. The zero-order valence-corrected chi connectivity index (χ0v) is 3.58. The summed E-state index contributed by atoms with van der Waals surface area (Å²) in [5.41, 5.74) is 0. The monoisotopic (exact) mass is 113 g/mol. The molecule has 0 spiro atoms. The van der Waals surface area contributed by atoms with E-state index in [4.69, 9.17) is 5.11 Å². The summed E-state index contributed by atoms with van der Waals surface area (Å²) in [5, 5.41) is 7.39. The number of halogens is 3. The number of hydrogen-bond acceptors (Lipinski definition) is 1. The fourth-order valence-electron chi connectivity index (χ4n) is 0. The van der Waals surface area contributed by atoms with Crippen molar-refractivity contribution in [3.63, 3.8) is 0 Å². The summed E-state index contributed by atoms with van der Waals surface area (Å²) in [7, 11) is 0. The highest BCUT2D eigenvalue weighted by atomic mass is 19.3. The normalized spacial score (nSPS) is 12.9. The van der Waals surface area contributed by atoms with Crippen LogP contribution in [0.3, 0.4) is 0 Å². The predicted molar refractivity (Wildman–Crippen MR) is 16.9 cm³/mol. The van der Waals surface area contributed by atoms with Crippen LogP contribution in [0, 0.1) is 6.36 Å². The molecule has 0 aromatic carbocycles. The van der Waals surface area contributed by atoms with Crippen LogP contribution in [0.25, 0.3) is 0 Å². The van der Waals surface area contributed by atoms with Crippen molar-refractivity contribution < 1.29 is 18.3 Å². The van der Waals surface area contributed by atoms with Crippen LogP contribution in [-0.2, 0) is 0 Å². The minimum Gasteiger partial charge on any atom is -0.353 e. The summed E-state index contributed by atoms with van der Waals surface area (Å²) < 4.78 is 33.3. The second kappa shape index (κ2) is 1.69. The van der Waals surface area contributed by atoms with Gasteiger partial charge >= 0.3 is 12.3 Å². The first-order valence-electron chi connectivity index (χ1n) is 1.54. The maximum Gasteiger partial charge on any atom is 0.335 e. The van der Waals surface area contributed by atoms with Crippen molar-refractivity contribution in [2.75, 3.05) is 0 Å². The molecule has 0 fully saturated rings. The van der Waals surface area contributed by atoms with E-state index in [0.717, 1.165) is 0 Å². The van der Waals surface area contributed by atoms with Crippen LogP contribution in [-0.4, -0.2) is 11.0 Å². The van der Waals surface area contributed by atoms with Gasteiger partial charge in [0.15, 0.2) is 0 Å². The van der Waals surface area contributed by atoms with Gasteiger partial charge in [0.25, 0.3) is 0 Å². The largest absolute Gasteiger partial charge is 0.353 e. The Hall–Kier alpha value is -0.250. The Morgan fingerprint density at radius 2 is 1.71 bits per heavy atom. The molecule has 0 rings (SSSR count). The van der Waals surface area contributed by atoms with Crippen molar-refractivity contribution in [3.05, 3.63) is 6.36 Å². The molecule has 0 heterocycles. The molecule has 0 aromatic heterocycles. The lowest BCUT2D eigenvalue weighted by molar-refractivity contribution is -0.0760. The Kier molecular flexibility index (Phi) is 1.63. The molecule has 1 N–H and O–H groups in total. The molecule has 0 aromatic rings. The average molecular weight is 113 g/mol. The zero-order chi connectivity index (χ0) is 6.08. The molecule has 0 amide bonds. The first-order chi connectivity index (χ1) is 2.94. The number of aliphatic hydroxyl groups excluding tert-OH is 1. The van der Waals surface area contributed by atoms with Crippen LogP contribution in [0.5, 0.6) is 0 Å². The molecule has 0 unspecified atom stereocenters. The molecule has 7 heavy (non-hydrogen) atoms. The van der Waals surface area contributed by atoms with Crippen LogP contribution < -0.4 is 0 Å². The minimum atomic E-state index is -3.69. The van der Waals surface area contributed by atoms with Crippen molar-refractivity contribution in [2.45, 2.75) is 12.8 Å². The third-order valence-corrected chi connectivity index (χ3v) is 0.362. The van der Waals surface area contributed by atoms with Gasteiger partial charge in [-0.25, -0.2) is 8.78 Å². The molecular weight excluding hydrogens is 109 g/mol. The second-order valence-electron chi connectivity index (χ2n) is 1.18. The maximum absolute atomic E-state index is 11.2. The topological polar surface area (TPSA) is 20.2 Å². The van der Waals surface area contributed by atoms with E-state index in [1.807, 2.05) is 0 Å². The average Bonchev–Trinajstić information content (AvgIpc) is 1.31. The third kappa shape index (κ3) is 2.45. The second-order valence-corrected chi connectivity index (χ2v) is 1.18. The molecule has 0 aliphatic carbocycles. The van der Waals surface area contributed by atoms with E-state index in [9.17, 15) is 13.2 Å². The Labute approximate surface area is 38.8 Å². The maximum atomic E-state index is 11.2. The fourth-order valence-corrected chi connectivity index (χ4v) is 0. The van der Waals surface area contributed by atoms with E-state index in [1.54, 1.807) is 0 Å². The summed E-state index contributed by atoms with van der Waals surface area (Å²) in [6.45, 7) is 0.266. The first-order valence-corrected chi connectivity index (χ1v) is 1.54. The lowest BCUT2D eigenvalue weighted by Gasteiger charge is -2.05. The molecular formula is C3H4F3O. The smallest absolute Gasteiger partial charge is 0.335 e. The van der Waals surface area contributed by atoms with E-state index >= 15 is 0 Å². The van der Waals surface area contributed by atoms with Crippen LogP contribution in [0.15, 0.2) is 0 Å². The molecule has 0 saturated carbocycles. The van der Waals surface area contributed by atoms with Crippen LogP contribution >= 0.6 is 0 Å². The van der Waals surface area contributed by atoms with Crippen LogP contribution in [0.4, 0.5) is 13.2 Å². The molecule has 1 nitrogen and oxygen atoms in total. The SMILES string of the molecule is CC(F)(F)[C](O)F. The van der Waals surface area contributed by atoms with Gasteiger partial charge in [-0.2, -0.15) is 4.39 Å². The number of rotatable bonds is 1. The van der Waals surface area contributed by atoms with Gasteiger partial charge in [0.05, 0.1) is 0 Å². The number of alkyl halides is 2. The van der Waals surface area contributed by atoms with Gasteiger partial charge in [0, 0.05) is 6.92 Å². The molecule has 0 aliphatic heterocycles. The molecule has 0 aliphatic rings. The van der Waals surface area contributed by atoms with E-state index in [2.05, 4.69) is 0 Å². The van der Waals surface area contributed by atoms with Gasteiger partial charge in [-0.3, -0.25) is 0 Å². The highest BCUT2D eigenvalue weighted by Gasteiger charge is 2.34. The molecule has 43 valence electrons. The van der Waals surface area contributed by atoms with E-state index in [1.165, 1.54) is 0 Å². The molecule has 0 atom stereocenters. The van der Waals surface area contributed by atoms with Gasteiger partial charge in [0.2, 0.25) is 0 Å². The molecule has 0 bridgehead atoms. The Morgan fingerprint density at radius 1 is 1.57 bits per heavy atom. The quantitative estimate of drug-likeness (QED) is 0.546.